The molecule has 0 bridgehead atoms. The lowest BCUT2D eigenvalue weighted by Crippen LogP contribution is -2.52. The molecule has 0 saturated carbocycles. The Labute approximate surface area is 120 Å². The zero-order chi connectivity index (χ0) is 13.6. The minimum absolute atomic E-state index is 0. The first-order valence-corrected chi connectivity index (χ1v) is 6.28. The van der Waals surface area contributed by atoms with Crippen LogP contribution in [-0.2, 0) is 14.3 Å². The number of carbonyl (C=O) groups is 2. The molecule has 1 unspecified atom stereocenters. The Morgan fingerprint density at radius 3 is 2.42 bits per heavy atom. The highest BCUT2D eigenvalue weighted by Crippen LogP contribution is 2.11. The first-order chi connectivity index (χ1) is 8.41. The molecule has 1 aliphatic rings. The maximum Gasteiger partial charge on any atom is 0.239 e. The van der Waals surface area contributed by atoms with Crippen LogP contribution in [-0.4, -0.2) is 50.7 Å². The van der Waals surface area contributed by atoms with Gasteiger partial charge in [0.25, 0.3) is 0 Å². The quantitative estimate of drug-likeness (QED) is 0.621. The molecule has 1 saturated heterocycles. The number of carbonyl (C=O) groups excluding carboxylic acids is 2. The molecule has 6 nitrogen and oxygen atoms in total. The smallest absolute Gasteiger partial charge is 0.239 e. The summed E-state index contributed by atoms with van der Waals surface area (Å²) >= 11 is 0. The molecule has 2 amide bonds. The summed E-state index contributed by atoms with van der Waals surface area (Å²) in [7, 11) is 0. The fraction of sp³-hybridized carbons (Fsp3) is 0.833. The van der Waals surface area contributed by atoms with E-state index >= 15 is 0 Å². The number of hydrogen-bond acceptors (Lipinski definition) is 4. The molecular weight excluding hydrogens is 270 g/mol. The molecular formula is C12H24ClN3O3. The van der Waals surface area contributed by atoms with Crippen molar-refractivity contribution < 1.29 is 14.3 Å². The molecule has 0 aromatic rings. The normalized spacial score (nSPS) is 19.2. The van der Waals surface area contributed by atoms with Crippen LogP contribution in [0.25, 0.3) is 0 Å². The fourth-order valence-corrected chi connectivity index (χ4v) is 1.48. The Hall–Kier alpha value is -0.850. The minimum Gasteiger partial charge on any atom is -0.378 e. The largest absolute Gasteiger partial charge is 0.378 e. The van der Waals surface area contributed by atoms with Crippen LogP contribution in [0.15, 0.2) is 0 Å². The van der Waals surface area contributed by atoms with Gasteiger partial charge in [-0.25, -0.2) is 0 Å². The van der Waals surface area contributed by atoms with Crippen LogP contribution < -0.4 is 16.0 Å². The number of nitrogens with one attached hydrogen (secondary N) is 3. The Morgan fingerprint density at radius 1 is 1.26 bits per heavy atom. The van der Waals surface area contributed by atoms with E-state index in [9.17, 15) is 9.59 Å². The lowest BCUT2D eigenvalue weighted by Gasteiger charge is -2.23. The van der Waals surface area contributed by atoms with E-state index in [0.717, 1.165) is 0 Å². The molecule has 7 heteroatoms. The van der Waals surface area contributed by atoms with Crippen LogP contribution in [0, 0.1) is 5.41 Å². The Kier molecular flexibility index (Phi) is 7.97. The molecule has 0 aromatic heterocycles. The maximum atomic E-state index is 11.7. The third-order valence-electron chi connectivity index (χ3n) is 2.63. The van der Waals surface area contributed by atoms with E-state index in [2.05, 4.69) is 16.0 Å². The van der Waals surface area contributed by atoms with Crippen molar-refractivity contribution in [1.29, 1.82) is 0 Å². The van der Waals surface area contributed by atoms with E-state index in [-0.39, 0.29) is 30.3 Å². The van der Waals surface area contributed by atoms with Gasteiger partial charge in [-0.3, -0.25) is 9.59 Å². The lowest BCUT2D eigenvalue weighted by molar-refractivity contribution is -0.129. The average Bonchev–Trinajstić information content (AvgIpc) is 2.34. The SMILES string of the molecule is CC(C)(C)C(=O)NCCNC(=O)C1COCCN1.Cl. The molecule has 1 heterocycles. The lowest BCUT2D eigenvalue weighted by atomic mass is 9.96. The van der Waals surface area contributed by atoms with Crippen molar-refractivity contribution in [2.75, 3.05) is 32.8 Å². The minimum atomic E-state index is -0.400. The second kappa shape index (κ2) is 8.35. The standard InChI is InChI=1S/C12H23N3O3.ClH/c1-12(2,3)11(17)15-5-4-14-10(16)9-8-18-7-6-13-9;/h9,13H,4-8H2,1-3H3,(H,14,16)(H,15,17);1H. The van der Waals surface area contributed by atoms with Gasteiger partial charge in [-0.05, 0) is 0 Å². The van der Waals surface area contributed by atoms with Crippen molar-refractivity contribution in [3.63, 3.8) is 0 Å². The van der Waals surface area contributed by atoms with Gasteiger partial charge in [0.05, 0.1) is 13.2 Å². The zero-order valence-corrected chi connectivity index (χ0v) is 12.6. The predicted molar refractivity (Wildman–Crippen MR) is 75.3 cm³/mol. The molecule has 0 aliphatic carbocycles. The van der Waals surface area contributed by atoms with E-state index in [1.54, 1.807) is 0 Å². The van der Waals surface area contributed by atoms with Crippen molar-refractivity contribution >= 4 is 24.2 Å². The zero-order valence-electron chi connectivity index (χ0n) is 11.7. The van der Waals surface area contributed by atoms with Gasteiger partial charge in [-0.1, -0.05) is 20.8 Å². The Bertz CT molecular complexity index is 299. The summed E-state index contributed by atoms with van der Waals surface area (Å²) in [6.45, 7) is 8.16. The Balaban J connectivity index is 0.00000324. The maximum absolute atomic E-state index is 11.7. The van der Waals surface area contributed by atoms with Crippen molar-refractivity contribution in [1.82, 2.24) is 16.0 Å². The van der Waals surface area contributed by atoms with E-state index in [1.165, 1.54) is 0 Å². The van der Waals surface area contributed by atoms with Gasteiger partial charge in [0.15, 0.2) is 0 Å². The molecule has 0 radical (unpaired) electrons. The molecule has 1 rings (SSSR count). The molecule has 1 fully saturated rings. The van der Waals surface area contributed by atoms with Crippen LogP contribution in [0.2, 0.25) is 0 Å². The first-order valence-electron chi connectivity index (χ1n) is 6.28. The monoisotopic (exact) mass is 293 g/mol. The fourth-order valence-electron chi connectivity index (χ4n) is 1.48. The summed E-state index contributed by atoms with van der Waals surface area (Å²) < 4.78 is 5.20. The number of morpholine rings is 1. The number of halogens is 1. The number of rotatable bonds is 4. The van der Waals surface area contributed by atoms with Crippen LogP contribution in [0.5, 0.6) is 0 Å². The summed E-state index contributed by atoms with van der Waals surface area (Å²) in [6, 6.07) is -0.280. The van der Waals surface area contributed by atoms with Crippen LogP contribution in [0.1, 0.15) is 20.8 Å². The van der Waals surface area contributed by atoms with Crippen molar-refractivity contribution in [2.24, 2.45) is 5.41 Å². The first kappa shape index (κ1) is 18.1. The van der Waals surface area contributed by atoms with Crippen LogP contribution >= 0.6 is 12.4 Å². The molecule has 0 aromatic carbocycles. The second-order valence-corrected chi connectivity index (χ2v) is 5.38. The summed E-state index contributed by atoms with van der Waals surface area (Å²) in [5, 5.41) is 8.61. The molecule has 1 aliphatic heterocycles. The highest BCUT2D eigenvalue weighted by Gasteiger charge is 2.22. The van der Waals surface area contributed by atoms with Crippen molar-refractivity contribution in [3.8, 4) is 0 Å². The second-order valence-electron chi connectivity index (χ2n) is 5.38. The number of amides is 2. The number of ether oxygens (including phenoxy) is 1. The predicted octanol–water partition coefficient (Wildman–Crippen LogP) is -0.325. The van der Waals surface area contributed by atoms with Gasteiger partial charge in [0, 0.05) is 25.0 Å². The average molecular weight is 294 g/mol. The molecule has 0 spiro atoms. The van der Waals surface area contributed by atoms with Gasteiger partial charge in [-0.15, -0.1) is 12.4 Å². The van der Waals surface area contributed by atoms with Crippen LogP contribution in [0.3, 0.4) is 0 Å². The van der Waals surface area contributed by atoms with Crippen LogP contribution in [0.4, 0.5) is 0 Å². The van der Waals surface area contributed by atoms with Gasteiger partial charge in [0.1, 0.15) is 6.04 Å². The van der Waals surface area contributed by atoms with Gasteiger partial charge in [0.2, 0.25) is 11.8 Å². The summed E-state index contributed by atoms with van der Waals surface area (Å²) in [4.78, 5) is 23.2. The molecule has 3 N–H and O–H groups in total. The topological polar surface area (TPSA) is 79.5 Å². The van der Waals surface area contributed by atoms with Gasteiger partial charge < -0.3 is 20.7 Å². The summed E-state index contributed by atoms with van der Waals surface area (Å²) in [5.74, 6) is -0.101. The number of hydrogen-bond donors (Lipinski definition) is 3. The third-order valence-corrected chi connectivity index (χ3v) is 2.63. The molecule has 1 atom stereocenters. The highest BCUT2D eigenvalue weighted by atomic mass is 35.5. The summed E-state index contributed by atoms with van der Waals surface area (Å²) in [6.07, 6.45) is 0. The van der Waals surface area contributed by atoms with Gasteiger partial charge >= 0.3 is 0 Å². The molecule has 19 heavy (non-hydrogen) atoms. The van der Waals surface area contributed by atoms with E-state index in [0.29, 0.717) is 32.8 Å². The Morgan fingerprint density at radius 2 is 1.89 bits per heavy atom. The third kappa shape index (κ3) is 6.75. The van der Waals surface area contributed by atoms with E-state index in [4.69, 9.17) is 4.74 Å². The van der Waals surface area contributed by atoms with E-state index < -0.39 is 5.41 Å². The van der Waals surface area contributed by atoms with Gasteiger partial charge in [-0.2, -0.15) is 0 Å². The highest BCUT2D eigenvalue weighted by molar-refractivity contribution is 5.85. The van der Waals surface area contributed by atoms with E-state index in [1.807, 2.05) is 20.8 Å². The van der Waals surface area contributed by atoms with Crippen molar-refractivity contribution in [2.45, 2.75) is 26.8 Å². The summed E-state index contributed by atoms with van der Waals surface area (Å²) in [5.41, 5.74) is -0.400. The molecule has 112 valence electrons. The van der Waals surface area contributed by atoms with Crippen molar-refractivity contribution in [3.05, 3.63) is 0 Å².